The van der Waals surface area contributed by atoms with Crippen molar-refractivity contribution in [2.75, 3.05) is 20.8 Å². The van der Waals surface area contributed by atoms with Gasteiger partial charge in [-0.15, -0.1) is 0 Å². The fourth-order valence-electron chi connectivity index (χ4n) is 4.90. The van der Waals surface area contributed by atoms with Gasteiger partial charge in [-0.25, -0.2) is 9.79 Å². The number of ether oxygens (including phenoxy) is 3. The molecule has 1 N–H and O–H groups in total. The first kappa shape index (κ1) is 30.6. The normalized spacial score (nSPS) is 14.4. The maximum Gasteiger partial charge on any atom is 0.338 e. The van der Waals surface area contributed by atoms with E-state index in [0.717, 1.165) is 23.5 Å². The van der Waals surface area contributed by atoms with E-state index in [1.807, 2.05) is 0 Å². The van der Waals surface area contributed by atoms with Crippen LogP contribution in [0.25, 0.3) is 11.8 Å². The summed E-state index contributed by atoms with van der Waals surface area (Å²) in [6.45, 7) is 1.68. The minimum Gasteiger partial charge on any atom is -0.502 e. The number of phenolic OH excluding ortho intramolecular Hbond substituents is 1. The van der Waals surface area contributed by atoms with Crippen LogP contribution in [0.2, 0.25) is 0 Å². The van der Waals surface area contributed by atoms with Crippen LogP contribution in [0.1, 0.15) is 29.7 Å². The number of non-ortho nitro benzene ring substituents is 1. The van der Waals surface area contributed by atoms with Gasteiger partial charge in [-0.1, -0.05) is 47.7 Å². The fraction of sp³-hybridized carbons (Fsp3) is 0.167. The van der Waals surface area contributed by atoms with Gasteiger partial charge in [-0.2, -0.15) is 0 Å². The second-order valence-corrected chi connectivity index (χ2v) is 10.5. The van der Waals surface area contributed by atoms with Gasteiger partial charge in [0.2, 0.25) is 5.75 Å². The molecule has 2 heterocycles. The molecule has 0 amide bonds. The maximum atomic E-state index is 14.1. The van der Waals surface area contributed by atoms with E-state index in [0.29, 0.717) is 28.7 Å². The Labute approximate surface area is 257 Å². The third-order valence-corrected chi connectivity index (χ3v) is 7.88. The van der Waals surface area contributed by atoms with Gasteiger partial charge in [0.05, 0.1) is 58.6 Å². The Balaban J connectivity index is 1.87. The van der Waals surface area contributed by atoms with Crippen molar-refractivity contribution in [3.63, 3.8) is 0 Å². The Morgan fingerprint density at radius 1 is 1.04 bits per heavy atom. The summed E-state index contributed by atoms with van der Waals surface area (Å²) >= 11 is 0.871. The fourth-order valence-corrected chi connectivity index (χ4v) is 5.89. The van der Waals surface area contributed by atoms with Crippen LogP contribution in [-0.2, 0) is 9.53 Å². The molecule has 1 aliphatic rings. The number of carbonyl (C=O) groups excluding carboxylic acids is 1. The molecule has 15 heteroatoms. The summed E-state index contributed by atoms with van der Waals surface area (Å²) < 4.78 is 17.5. The van der Waals surface area contributed by atoms with Crippen molar-refractivity contribution in [3.05, 3.63) is 123 Å². The van der Waals surface area contributed by atoms with Gasteiger partial charge in [-0.3, -0.25) is 29.6 Å². The van der Waals surface area contributed by atoms with Crippen LogP contribution in [0.15, 0.2) is 76.0 Å². The number of esters is 1. The minimum absolute atomic E-state index is 0.0400. The lowest BCUT2D eigenvalue weighted by atomic mass is 9.93. The first-order valence-corrected chi connectivity index (χ1v) is 14.1. The zero-order valence-electron chi connectivity index (χ0n) is 24.0. The molecule has 0 unspecified atom stereocenters. The number of hydrogen-bond donors (Lipinski definition) is 1. The van der Waals surface area contributed by atoms with Crippen molar-refractivity contribution < 1.29 is 34.0 Å². The van der Waals surface area contributed by atoms with Crippen molar-refractivity contribution in [3.8, 4) is 17.2 Å². The molecule has 1 atom stereocenters. The van der Waals surface area contributed by atoms with E-state index in [1.165, 1.54) is 18.8 Å². The number of hydrogen-bond acceptors (Lipinski definition) is 12. The second kappa shape index (κ2) is 12.4. The van der Waals surface area contributed by atoms with Crippen molar-refractivity contribution in [2.24, 2.45) is 4.99 Å². The van der Waals surface area contributed by atoms with Gasteiger partial charge >= 0.3 is 11.7 Å². The summed E-state index contributed by atoms with van der Waals surface area (Å²) in [6, 6.07) is 14.2. The number of nitro groups is 2. The van der Waals surface area contributed by atoms with Gasteiger partial charge in [0.15, 0.2) is 16.3 Å². The number of methoxy groups -OCH3 is 2. The van der Waals surface area contributed by atoms with Crippen LogP contribution in [0.5, 0.6) is 17.2 Å². The van der Waals surface area contributed by atoms with Crippen LogP contribution in [0.4, 0.5) is 11.4 Å². The summed E-state index contributed by atoms with van der Waals surface area (Å²) in [7, 11) is 2.90. The number of nitrogens with zero attached hydrogens (tertiary/aromatic N) is 4. The van der Waals surface area contributed by atoms with E-state index in [9.17, 15) is 34.9 Å². The molecule has 230 valence electrons. The molecule has 0 aliphatic carbocycles. The van der Waals surface area contributed by atoms with E-state index in [2.05, 4.69) is 0 Å². The van der Waals surface area contributed by atoms with Gasteiger partial charge in [0.25, 0.3) is 11.2 Å². The largest absolute Gasteiger partial charge is 0.502 e. The van der Waals surface area contributed by atoms with E-state index in [1.54, 1.807) is 55.5 Å². The molecule has 1 aromatic heterocycles. The smallest absolute Gasteiger partial charge is 0.338 e. The summed E-state index contributed by atoms with van der Waals surface area (Å²) in [5.74, 6) is -0.847. The lowest BCUT2D eigenvalue weighted by Gasteiger charge is -2.26. The number of thiazole rings is 1. The second-order valence-electron chi connectivity index (χ2n) is 9.46. The van der Waals surface area contributed by atoms with Crippen molar-refractivity contribution in [2.45, 2.75) is 13.0 Å². The molecule has 0 bridgehead atoms. The molecule has 4 aromatic rings. The van der Waals surface area contributed by atoms with Crippen LogP contribution in [0.3, 0.4) is 0 Å². The number of rotatable bonds is 9. The number of carbonyl (C=O) groups is 1. The van der Waals surface area contributed by atoms with Crippen molar-refractivity contribution in [1.29, 1.82) is 0 Å². The Hall–Kier alpha value is -5.83. The van der Waals surface area contributed by atoms with E-state index in [-0.39, 0.29) is 32.8 Å². The summed E-state index contributed by atoms with van der Waals surface area (Å²) in [6.07, 6.45) is 1.11. The summed E-state index contributed by atoms with van der Waals surface area (Å²) in [5.41, 5.74) is -1.24. The van der Waals surface area contributed by atoms with E-state index < -0.39 is 44.5 Å². The zero-order valence-corrected chi connectivity index (χ0v) is 24.8. The third kappa shape index (κ3) is 5.63. The monoisotopic (exact) mass is 632 g/mol. The Morgan fingerprint density at radius 3 is 2.38 bits per heavy atom. The highest BCUT2D eigenvalue weighted by atomic mass is 32.1. The quantitative estimate of drug-likeness (QED) is 0.163. The summed E-state index contributed by atoms with van der Waals surface area (Å²) in [5, 5.41) is 33.6. The SMILES string of the molecule is CCOC(=O)C1=C(c2ccccc2)N=c2s/c(=C\c3cc([N+](=O)[O-])cc([N+](=O)[O-])c3O)c(=O)n2[C@@H]1c1ccc(OC)c(OC)c1. The highest BCUT2D eigenvalue weighted by molar-refractivity contribution is 7.07. The minimum atomic E-state index is -1.09. The van der Waals surface area contributed by atoms with E-state index in [4.69, 9.17) is 19.2 Å². The van der Waals surface area contributed by atoms with Crippen molar-refractivity contribution >= 4 is 40.5 Å². The predicted molar refractivity (Wildman–Crippen MR) is 162 cm³/mol. The predicted octanol–water partition coefficient (Wildman–Crippen LogP) is 3.47. The van der Waals surface area contributed by atoms with Gasteiger partial charge < -0.3 is 19.3 Å². The zero-order chi connectivity index (χ0) is 32.4. The topological polar surface area (TPSA) is 186 Å². The third-order valence-electron chi connectivity index (χ3n) is 6.90. The lowest BCUT2D eigenvalue weighted by molar-refractivity contribution is -0.394. The first-order valence-electron chi connectivity index (χ1n) is 13.3. The number of aromatic hydroxyl groups is 1. The van der Waals surface area contributed by atoms with Gasteiger partial charge in [-0.05, 0) is 30.7 Å². The average Bonchev–Trinajstić information content (AvgIpc) is 3.35. The number of benzene rings is 3. The summed E-state index contributed by atoms with van der Waals surface area (Å²) in [4.78, 5) is 53.8. The highest BCUT2D eigenvalue weighted by Gasteiger charge is 2.36. The maximum absolute atomic E-state index is 14.1. The highest BCUT2D eigenvalue weighted by Crippen LogP contribution is 2.39. The molecule has 0 radical (unpaired) electrons. The number of nitro benzene ring substituents is 2. The van der Waals surface area contributed by atoms with Gasteiger partial charge in [0, 0.05) is 17.2 Å². The molecule has 0 saturated heterocycles. The molecule has 14 nitrogen and oxygen atoms in total. The number of phenols is 1. The van der Waals surface area contributed by atoms with Crippen LogP contribution in [0, 0.1) is 20.2 Å². The molecule has 1 aliphatic heterocycles. The number of aromatic nitrogens is 1. The van der Waals surface area contributed by atoms with Crippen LogP contribution in [-0.4, -0.2) is 46.3 Å². The lowest BCUT2D eigenvalue weighted by Crippen LogP contribution is -2.40. The molecular weight excluding hydrogens is 608 g/mol. The molecule has 3 aromatic carbocycles. The molecule has 5 rings (SSSR count). The molecule has 0 fully saturated rings. The molecular formula is C30H24N4O10S. The van der Waals surface area contributed by atoms with E-state index >= 15 is 0 Å². The first-order chi connectivity index (χ1) is 21.6. The molecule has 0 spiro atoms. The Bertz CT molecular complexity index is 2070. The standard InChI is InChI=1S/C30H24N4O10S/c1-4-44-29(37)24-25(16-8-6-5-7-9-16)31-30-32(26(24)17-10-11-21(42-2)22(13-17)43-3)28(36)23(45-30)14-18-12-19(33(38)39)15-20(27(18)35)34(40)41/h5-15,26,35H,4H2,1-3H3/b23-14-/t26-/m1/s1. The Morgan fingerprint density at radius 2 is 1.76 bits per heavy atom. The number of fused-ring (bicyclic) bond motifs is 1. The molecule has 0 saturated carbocycles. The van der Waals surface area contributed by atoms with Crippen molar-refractivity contribution in [1.82, 2.24) is 4.57 Å². The van der Waals surface area contributed by atoms with Crippen LogP contribution < -0.4 is 24.4 Å². The Kier molecular flexibility index (Phi) is 8.45. The molecule has 45 heavy (non-hydrogen) atoms. The average molecular weight is 633 g/mol. The van der Waals surface area contributed by atoms with Crippen LogP contribution >= 0.6 is 11.3 Å². The van der Waals surface area contributed by atoms with Gasteiger partial charge in [0.1, 0.15) is 0 Å².